The van der Waals surface area contributed by atoms with E-state index in [0.29, 0.717) is 40.2 Å². The maximum absolute atomic E-state index is 12.2. The van der Waals surface area contributed by atoms with Gasteiger partial charge in [0, 0.05) is 34.8 Å². The first-order chi connectivity index (χ1) is 17.0. The molecule has 2 aromatic carbocycles. The normalized spacial score (nSPS) is 10.9. The van der Waals surface area contributed by atoms with Gasteiger partial charge < -0.3 is 20.7 Å². The van der Waals surface area contributed by atoms with Gasteiger partial charge in [0.25, 0.3) is 0 Å². The van der Waals surface area contributed by atoms with Gasteiger partial charge in [0.05, 0.1) is 29.2 Å². The molecule has 4 rings (SSSR count). The second-order valence-electron chi connectivity index (χ2n) is 7.59. The van der Waals surface area contributed by atoms with E-state index in [1.165, 1.54) is 7.11 Å². The number of amides is 2. The van der Waals surface area contributed by atoms with Crippen molar-refractivity contribution in [2.45, 2.75) is 12.8 Å². The number of methoxy groups -OCH3 is 1. The van der Waals surface area contributed by atoms with Crippen LogP contribution in [-0.2, 0) is 0 Å². The van der Waals surface area contributed by atoms with Crippen LogP contribution < -0.4 is 20.7 Å². The number of benzene rings is 2. The van der Waals surface area contributed by atoms with Crippen LogP contribution in [0.25, 0.3) is 16.9 Å². The summed E-state index contributed by atoms with van der Waals surface area (Å²) in [5.41, 5.74) is 2.81. The van der Waals surface area contributed by atoms with E-state index in [-0.39, 0.29) is 6.03 Å². The molecule has 182 valence electrons. The van der Waals surface area contributed by atoms with Crippen molar-refractivity contribution in [3.05, 3.63) is 69.2 Å². The highest BCUT2D eigenvalue weighted by Crippen LogP contribution is 2.30. The topological polar surface area (TPSA) is 92.6 Å². The van der Waals surface area contributed by atoms with Gasteiger partial charge in [-0.15, -0.1) is 0 Å². The average Bonchev–Trinajstić information content (AvgIpc) is 3.22. The SMILES string of the molecule is COc1ccc(Cl)cc1NC(=O)NCCCCNc1cc(-c2ccccc2Cl)nc2c(Br)cnn12. The van der Waals surface area contributed by atoms with E-state index in [9.17, 15) is 4.79 Å². The standard InChI is InChI=1S/C24H23BrCl2N6O2/c1-35-21-9-8-15(26)12-20(21)32-24(34)29-11-5-4-10-28-22-13-19(16-6-2-3-7-18(16)27)31-23-17(25)14-30-33(22)23/h2-3,6-9,12-14,28H,4-5,10-11H2,1H3,(H2,29,32,34). The lowest BCUT2D eigenvalue weighted by Gasteiger charge is -2.13. The van der Waals surface area contributed by atoms with E-state index in [0.717, 1.165) is 34.4 Å². The van der Waals surface area contributed by atoms with Gasteiger partial charge in [-0.3, -0.25) is 0 Å². The summed E-state index contributed by atoms with van der Waals surface area (Å²) in [6.45, 7) is 1.20. The molecule has 35 heavy (non-hydrogen) atoms. The van der Waals surface area contributed by atoms with Crippen LogP contribution in [0.5, 0.6) is 5.75 Å². The van der Waals surface area contributed by atoms with Gasteiger partial charge in [0.2, 0.25) is 0 Å². The van der Waals surface area contributed by atoms with Crippen molar-refractivity contribution < 1.29 is 9.53 Å². The summed E-state index contributed by atoms with van der Waals surface area (Å²) in [5, 5.41) is 14.6. The third kappa shape index (κ3) is 6.17. The van der Waals surface area contributed by atoms with Crippen LogP contribution in [-0.4, -0.2) is 40.8 Å². The number of rotatable bonds is 9. The van der Waals surface area contributed by atoms with Crippen LogP contribution in [0.1, 0.15) is 12.8 Å². The molecule has 4 aromatic rings. The van der Waals surface area contributed by atoms with E-state index < -0.39 is 0 Å². The lowest BCUT2D eigenvalue weighted by molar-refractivity contribution is 0.252. The number of aromatic nitrogens is 3. The highest BCUT2D eigenvalue weighted by atomic mass is 79.9. The Balaban J connectivity index is 1.32. The fourth-order valence-electron chi connectivity index (χ4n) is 3.48. The molecular weight excluding hydrogens is 555 g/mol. The van der Waals surface area contributed by atoms with Gasteiger partial charge in [0.15, 0.2) is 5.65 Å². The number of nitrogens with one attached hydrogen (secondary N) is 3. The molecule has 0 saturated carbocycles. The number of ether oxygens (including phenoxy) is 1. The van der Waals surface area contributed by atoms with Gasteiger partial charge in [-0.2, -0.15) is 9.61 Å². The zero-order chi connectivity index (χ0) is 24.8. The largest absolute Gasteiger partial charge is 0.495 e. The average molecular weight is 578 g/mol. The third-order valence-corrected chi connectivity index (χ3v) is 6.31. The summed E-state index contributed by atoms with van der Waals surface area (Å²) >= 11 is 15.9. The minimum atomic E-state index is -0.319. The molecule has 8 nitrogen and oxygen atoms in total. The smallest absolute Gasteiger partial charge is 0.319 e. The van der Waals surface area contributed by atoms with Crippen molar-refractivity contribution in [1.82, 2.24) is 19.9 Å². The van der Waals surface area contributed by atoms with E-state index in [2.05, 4.69) is 37.0 Å². The van der Waals surface area contributed by atoms with Crippen LogP contribution in [0, 0.1) is 0 Å². The Morgan fingerprint density at radius 1 is 1.11 bits per heavy atom. The minimum Gasteiger partial charge on any atom is -0.495 e. The van der Waals surface area contributed by atoms with Crippen LogP contribution >= 0.6 is 39.1 Å². The molecule has 0 aliphatic rings. The third-order valence-electron chi connectivity index (χ3n) is 5.18. The number of hydrogen-bond donors (Lipinski definition) is 3. The first-order valence-electron chi connectivity index (χ1n) is 10.9. The predicted octanol–water partition coefficient (Wildman–Crippen LogP) is 6.49. The van der Waals surface area contributed by atoms with Crippen molar-refractivity contribution >= 4 is 62.3 Å². The minimum absolute atomic E-state index is 0.319. The van der Waals surface area contributed by atoms with Gasteiger partial charge in [-0.1, -0.05) is 41.4 Å². The molecule has 0 aliphatic heterocycles. The van der Waals surface area contributed by atoms with Gasteiger partial charge in [-0.25, -0.2) is 9.78 Å². The van der Waals surface area contributed by atoms with Crippen LogP contribution in [0.4, 0.5) is 16.3 Å². The number of hydrogen-bond acceptors (Lipinski definition) is 5. The zero-order valence-electron chi connectivity index (χ0n) is 18.8. The van der Waals surface area contributed by atoms with Crippen molar-refractivity contribution in [1.29, 1.82) is 0 Å². The Hall–Kier alpha value is -3.01. The summed E-state index contributed by atoms with van der Waals surface area (Å²) in [6, 6.07) is 14.2. The monoisotopic (exact) mass is 576 g/mol. The number of fused-ring (bicyclic) bond motifs is 1. The second kappa shape index (κ2) is 11.6. The van der Waals surface area contributed by atoms with E-state index >= 15 is 0 Å². The zero-order valence-corrected chi connectivity index (χ0v) is 21.9. The molecule has 0 spiro atoms. The summed E-state index contributed by atoms with van der Waals surface area (Å²) in [6.07, 6.45) is 3.32. The number of carbonyl (C=O) groups excluding carboxylic acids is 1. The molecule has 0 atom stereocenters. The molecule has 3 N–H and O–H groups in total. The highest BCUT2D eigenvalue weighted by Gasteiger charge is 2.13. The number of carbonyl (C=O) groups is 1. The molecule has 0 unspecified atom stereocenters. The fourth-order valence-corrected chi connectivity index (χ4v) is 4.23. The van der Waals surface area contributed by atoms with Crippen molar-refractivity contribution in [3.63, 3.8) is 0 Å². The molecule has 0 bridgehead atoms. The Labute approximate surface area is 221 Å². The first-order valence-corrected chi connectivity index (χ1v) is 12.4. The first kappa shape index (κ1) is 25.1. The summed E-state index contributed by atoms with van der Waals surface area (Å²) in [7, 11) is 1.54. The van der Waals surface area contributed by atoms with E-state index in [4.69, 9.17) is 32.9 Å². The van der Waals surface area contributed by atoms with Gasteiger partial charge in [0.1, 0.15) is 11.6 Å². The number of nitrogens with zero attached hydrogens (tertiary/aromatic N) is 3. The van der Waals surface area contributed by atoms with Crippen LogP contribution in [0.3, 0.4) is 0 Å². The molecule has 11 heteroatoms. The summed E-state index contributed by atoms with van der Waals surface area (Å²) < 4.78 is 7.78. The highest BCUT2D eigenvalue weighted by molar-refractivity contribution is 9.10. The molecule has 0 radical (unpaired) electrons. The van der Waals surface area contributed by atoms with Crippen molar-refractivity contribution in [2.24, 2.45) is 0 Å². The van der Waals surface area contributed by atoms with Crippen LogP contribution in [0.15, 0.2) is 59.2 Å². The number of unbranched alkanes of at least 4 members (excludes halogenated alkanes) is 1. The summed E-state index contributed by atoms with van der Waals surface area (Å²) in [5.74, 6) is 1.34. The lowest BCUT2D eigenvalue weighted by atomic mass is 10.1. The molecule has 2 amide bonds. The molecule has 0 saturated heterocycles. The molecule has 0 aliphatic carbocycles. The predicted molar refractivity (Wildman–Crippen MR) is 144 cm³/mol. The molecule has 2 heterocycles. The maximum Gasteiger partial charge on any atom is 0.319 e. The van der Waals surface area contributed by atoms with E-state index in [1.54, 1.807) is 28.9 Å². The van der Waals surface area contributed by atoms with Gasteiger partial charge in [-0.05, 0) is 53.0 Å². The van der Waals surface area contributed by atoms with Crippen LogP contribution in [0.2, 0.25) is 10.0 Å². The number of anilines is 2. The Morgan fingerprint density at radius 3 is 2.71 bits per heavy atom. The van der Waals surface area contributed by atoms with Gasteiger partial charge >= 0.3 is 6.03 Å². The lowest BCUT2D eigenvalue weighted by Crippen LogP contribution is -2.29. The van der Waals surface area contributed by atoms with Crippen molar-refractivity contribution in [2.75, 3.05) is 30.8 Å². The second-order valence-corrected chi connectivity index (χ2v) is 9.29. The Morgan fingerprint density at radius 2 is 1.91 bits per heavy atom. The summed E-state index contributed by atoms with van der Waals surface area (Å²) in [4.78, 5) is 16.9. The number of halogens is 3. The molecular formula is C24H23BrCl2N6O2. The Bertz CT molecular complexity index is 1350. The van der Waals surface area contributed by atoms with Crippen molar-refractivity contribution in [3.8, 4) is 17.0 Å². The molecule has 0 fully saturated rings. The number of urea groups is 1. The Kier molecular flexibility index (Phi) is 8.33. The quantitative estimate of drug-likeness (QED) is 0.198. The fraction of sp³-hybridized carbons (Fsp3) is 0.208. The maximum atomic E-state index is 12.2. The molecule has 2 aromatic heterocycles. The van der Waals surface area contributed by atoms with E-state index in [1.807, 2.05) is 30.3 Å².